The van der Waals surface area contributed by atoms with Gasteiger partial charge in [0.1, 0.15) is 11.5 Å². The van der Waals surface area contributed by atoms with Crippen molar-refractivity contribution in [3.05, 3.63) is 71.9 Å². The molecule has 0 aliphatic carbocycles. The number of primary amides is 1. The van der Waals surface area contributed by atoms with E-state index in [9.17, 15) is 13.6 Å². The minimum Gasteiger partial charge on any atom is -0.441 e. The number of ether oxygens (including phenoxy) is 1. The highest BCUT2D eigenvalue weighted by Crippen LogP contribution is 2.25. The molecule has 30 heavy (non-hydrogen) atoms. The van der Waals surface area contributed by atoms with E-state index in [-0.39, 0.29) is 5.89 Å². The van der Waals surface area contributed by atoms with Crippen molar-refractivity contribution in [2.45, 2.75) is 12.8 Å². The van der Waals surface area contributed by atoms with E-state index in [1.807, 2.05) is 0 Å². The third-order valence-electron chi connectivity index (χ3n) is 4.08. The maximum atomic E-state index is 12.6. The molecular weight excluding hydrogens is 398 g/mol. The Hall–Kier alpha value is -4.08. The Morgan fingerprint density at radius 2 is 1.63 bits per heavy atom. The Balaban J connectivity index is 1.43. The van der Waals surface area contributed by atoms with Crippen LogP contribution in [0.5, 0.6) is 5.75 Å². The van der Waals surface area contributed by atoms with Crippen LogP contribution in [0.4, 0.5) is 13.6 Å². The van der Waals surface area contributed by atoms with E-state index >= 15 is 0 Å². The van der Waals surface area contributed by atoms with Crippen LogP contribution in [0.15, 0.2) is 63.6 Å². The normalized spacial score (nSPS) is 11.0. The molecule has 10 heteroatoms. The molecule has 0 radical (unpaired) electrons. The summed E-state index contributed by atoms with van der Waals surface area (Å²) < 4.78 is 40.6. The molecule has 2 N–H and O–H groups in total. The summed E-state index contributed by atoms with van der Waals surface area (Å²) in [5.74, 6) is 0.686. The first-order chi connectivity index (χ1) is 14.5. The third-order valence-corrected chi connectivity index (χ3v) is 4.08. The molecule has 1 amide bonds. The fourth-order valence-corrected chi connectivity index (χ4v) is 2.71. The summed E-state index contributed by atoms with van der Waals surface area (Å²) >= 11 is 0. The Morgan fingerprint density at radius 1 is 0.967 bits per heavy atom. The molecule has 152 valence electrons. The zero-order valence-corrected chi connectivity index (χ0v) is 15.3. The van der Waals surface area contributed by atoms with Crippen LogP contribution in [0.3, 0.4) is 0 Å². The number of oxazole rings is 1. The molecule has 4 rings (SSSR count). The van der Waals surface area contributed by atoms with Gasteiger partial charge in [-0.3, -0.25) is 0 Å². The van der Waals surface area contributed by atoms with E-state index in [0.29, 0.717) is 34.9 Å². The third kappa shape index (κ3) is 4.32. The summed E-state index contributed by atoms with van der Waals surface area (Å²) in [4.78, 5) is 15.0. The predicted molar refractivity (Wildman–Crippen MR) is 99.6 cm³/mol. The molecular formula is C20H14F2N4O4. The standard InChI is InChI=1S/C20H14F2N4O4/c21-16(22)19-26-25-18(30-19)13-3-1-11(2-4-13)9-15-10-24-17(28-15)12-5-7-14(8-6-12)29-20(23)27/h1-8,10,16H,9H2,(H2,23,27). The van der Waals surface area contributed by atoms with Gasteiger partial charge in [-0.15, -0.1) is 10.2 Å². The largest absolute Gasteiger partial charge is 0.441 e. The number of nitrogens with two attached hydrogens (primary N) is 1. The summed E-state index contributed by atoms with van der Waals surface area (Å²) in [6.07, 6.45) is -1.61. The van der Waals surface area contributed by atoms with Crippen LogP contribution in [0.25, 0.3) is 22.9 Å². The van der Waals surface area contributed by atoms with Crippen LogP contribution in [0.2, 0.25) is 0 Å². The summed E-state index contributed by atoms with van der Waals surface area (Å²) in [5, 5.41) is 6.93. The van der Waals surface area contributed by atoms with Gasteiger partial charge in [0, 0.05) is 17.5 Å². The number of amides is 1. The fraction of sp³-hybridized carbons (Fsp3) is 0.100. The van der Waals surface area contributed by atoms with E-state index in [1.54, 1.807) is 54.7 Å². The first kappa shape index (κ1) is 19.2. The van der Waals surface area contributed by atoms with Gasteiger partial charge in [0.25, 0.3) is 5.89 Å². The van der Waals surface area contributed by atoms with Gasteiger partial charge in [0.2, 0.25) is 11.8 Å². The van der Waals surface area contributed by atoms with E-state index in [1.165, 1.54) is 0 Å². The Morgan fingerprint density at radius 3 is 2.27 bits per heavy atom. The van der Waals surface area contributed by atoms with Gasteiger partial charge in [0.15, 0.2) is 0 Å². The number of nitrogens with zero attached hydrogens (tertiary/aromatic N) is 3. The van der Waals surface area contributed by atoms with E-state index in [2.05, 4.69) is 15.2 Å². The lowest BCUT2D eigenvalue weighted by Gasteiger charge is -2.01. The number of carbonyl (C=O) groups excluding carboxylic acids is 1. The molecule has 2 heterocycles. The van der Waals surface area contributed by atoms with E-state index in [0.717, 1.165) is 5.56 Å². The van der Waals surface area contributed by atoms with Crippen molar-refractivity contribution in [3.8, 4) is 28.7 Å². The van der Waals surface area contributed by atoms with Crippen LogP contribution in [-0.4, -0.2) is 21.3 Å². The highest BCUT2D eigenvalue weighted by atomic mass is 19.3. The van der Waals surface area contributed by atoms with Crippen molar-refractivity contribution in [1.29, 1.82) is 0 Å². The molecule has 0 aliphatic rings. The van der Waals surface area contributed by atoms with Gasteiger partial charge in [-0.2, -0.15) is 8.78 Å². The molecule has 0 unspecified atom stereocenters. The SMILES string of the molecule is NC(=O)Oc1ccc(-c2ncc(Cc3ccc(-c4nnc(C(F)F)o4)cc3)o2)cc1. The summed E-state index contributed by atoms with van der Waals surface area (Å²) in [5.41, 5.74) is 7.13. The molecule has 0 fully saturated rings. The van der Waals surface area contributed by atoms with E-state index < -0.39 is 18.4 Å². The Kier molecular flexibility index (Phi) is 5.21. The van der Waals surface area contributed by atoms with Gasteiger partial charge in [-0.25, -0.2) is 9.78 Å². The number of benzene rings is 2. The zero-order valence-electron chi connectivity index (χ0n) is 15.3. The number of hydrogen-bond acceptors (Lipinski definition) is 7. The monoisotopic (exact) mass is 412 g/mol. The molecule has 0 spiro atoms. The highest BCUT2D eigenvalue weighted by molar-refractivity contribution is 5.68. The van der Waals surface area contributed by atoms with Crippen LogP contribution in [0, 0.1) is 0 Å². The fourth-order valence-electron chi connectivity index (χ4n) is 2.71. The second kappa shape index (κ2) is 8.11. The topological polar surface area (TPSA) is 117 Å². The lowest BCUT2D eigenvalue weighted by atomic mass is 10.1. The van der Waals surface area contributed by atoms with Gasteiger partial charge >= 0.3 is 12.5 Å². The van der Waals surface area contributed by atoms with Crippen molar-refractivity contribution in [2.75, 3.05) is 0 Å². The smallest absolute Gasteiger partial charge is 0.409 e. The molecule has 2 aromatic heterocycles. The molecule has 0 atom stereocenters. The number of halogens is 2. The Labute approximate surface area is 168 Å². The van der Waals surface area contributed by atoms with Gasteiger partial charge in [-0.1, -0.05) is 12.1 Å². The van der Waals surface area contributed by atoms with Crippen molar-refractivity contribution < 1.29 is 27.1 Å². The first-order valence-corrected chi connectivity index (χ1v) is 8.71. The number of hydrogen-bond donors (Lipinski definition) is 1. The second-order valence-corrected chi connectivity index (χ2v) is 6.20. The van der Waals surface area contributed by atoms with Crippen molar-refractivity contribution in [1.82, 2.24) is 15.2 Å². The molecule has 0 saturated carbocycles. The minimum absolute atomic E-state index is 0.0302. The summed E-state index contributed by atoms with van der Waals surface area (Å²) in [6, 6.07) is 13.6. The average Bonchev–Trinajstić information content (AvgIpc) is 3.39. The predicted octanol–water partition coefficient (Wildman–Crippen LogP) is 4.38. The van der Waals surface area contributed by atoms with Crippen molar-refractivity contribution >= 4 is 6.09 Å². The molecule has 2 aromatic carbocycles. The number of alkyl halides is 2. The second-order valence-electron chi connectivity index (χ2n) is 6.20. The average molecular weight is 412 g/mol. The van der Waals surface area contributed by atoms with Gasteiger partial charge in [-0.05, 0) is 42.0 Å². The van der Waals surface area contributed by atoms with Crippen molar-refractivity contribution in [3.63, 3.8) is 0 Å². The van der Waals surface area contributed by atoms with Crippen LogP contribution < -0.4 is 10.5 Å². The van der Waals surface area contributed by atoms with E-state index in [4.69, 9.17) is 19.3 Å². The van der Waals surface area contributed by atoms with Crippen LogP contribution >= 0.6 is 0 Å². The maximum Gasteiger partial charge on any atom is 0.409 e. The zero-order chi connectivity index (χ0) is 21.1. The summed E-state index contributed by atoms with van der Waals surface area (Å²) in [6.45, 7) is 0. The highest BCUT2D eigenvalue weighted by Gasteiger charge is 2.17. The van der Waals surface area contributed by atoms with Crippen molar-refractivity contribution in [2.24, 2.45) is 5.73 Å². The number of carbonyl (C=O) groups is 1. The first-order valence-electron chi connectivity index (χ1n) is 8.71. The molecule has 8 nitrogen and oxygen atoms in total. The van der Waals surface area contributed by atoms with Gasteiger partial charge < -0.3 is 19.3 Å². The maximum absolute atomic E-state index is 12.6. The molecule has 0 saturated heterocycles. The lowest BCUT2D eigenvalue weighted by Crippen LogP contribution is -2.16. The molecule has 0 aliphatic heterocycles. The quantitative estimate of drug-likeness (QED) is 0.499. The number of aromatic nitrogens is 3. The minimum atomic E-state index is -2.81. The lowest BCUT2D eigenvalue weighted by molar-refractivity contribution is 0.116. The Bertz CT molecular complexity index is 1150. The number of rotatable bonds is 6. The molecule has 0 bridgehead atoms. The summed E-state index contributed by atoms with van der Waals surface area (Å²) in [7, 11) is 0. The van der Waals surface area contributed by atoms with Crippen LogP contribution in [-0.2, 0) is 6.42 Å². The van der Waals surface area contributed by atoms with Crippen LogP contribution in [0.1, 0.15) is 23.6 Å². The van der Waals surface area contributed by atoms with Gasteiger partial charge in [0.05, 0.1) is 6.20 Å². The molecule has 4 aromatic rings.